The van der Waals surface area contributed by atoms with Gasteiger partial charge in [-0.05, 0) is 30.7 Å². The first-order valence-electron chi connectivity index (χ1n) is 2.96. The van der Waals surface area contributed by atoms with Crippen LogP contribution in [-0.2, 0) is 0 Å². The number of nitrogen functional groups attached to an aromatic ring is 1. The Morgan fingerprint density at radius 1 is 1.40 bits per heavy atom. The summed E-state index contributed by atoms with van der Waals surface area (Å²) in [6.07, 6.45) is 0. The van der Waals surface area contributed by atoms with Gasteiger partial charge in [-0.2, -0.15) is 0 Å². The van der Waals surface area contributed by atoms with Crippen LogP contribution in [0.3, 0.4) is 0 Å². The van der Waals surface area contributed by atoms with Crippen molar-refractivity contribution in [3.05, 3.63) is 28.8 Å². The number of hydrogen-bond acceptors (Lipinski definition) is 2. The zero-order valence-corrected chi connectivity index (χ0v) is 6.44. The Kier molecular flexibility index (Phi) is 2.14. The van der Waals surface area contributed by atoms with E-state index in [0.29, 0.717) is 5.02 Å². The molecule has 0 aliphatic heterocycles. The van der Waals surface area contributed by atoms with Crippen LogP contribution in [0.1, 0.15) is 5.56 Å². The predicted molar refractivity (Wildman–Crippen MR) is 44.0 cm³/mol. The molecule has 0 atom stereocenters. The number of nitrogens with one attached hydrogen (secondary N) is 1. The van der Waals surface area contributed by atoms with Crippen molar-refractivity contribution in [3.63, 3.8) is 0 Å². The Hall–Kier alpha value is -0.730. The summed E-state index contributed by atoms with van der Waals surface area (Å²) in [6.45, 7) is 1.96. The van der Waals surface area contributed by atoms with E-state index in [-0.39, 0.29) is 0 Å². The molecule has 0 aromatic heterocycles. The predicted octanol–water partition coefficient (Wildman–Crippen LogP) is 1.93. The second-order valence-electron chi connectivity index (χ2n) is 2.16. The number of nitrogens with two attached hydrogens (primary N) is 1. The van der Waals surface area contributed by atoms with Crippen molar-refractivity contribution in [1.29, 1.82) is 0 Å². The summed E-state index contributed by atoms with van der Waals surface area (Å²) in [5.41, 5.74) is 4.46. The molecule has 0 spiro atoms. The third kappa shape index (κ3) is 1.62. The van der Waals surface area contributed by atoms with E-state index in [2.05, 4.69) is 5.43 Å². The minimum atomic E-state index is 0.702. The first kappa shape index (κ1) is 7.38. The first-order chi connectivity index (χ1) is 4.72. The molecule has 10 heavy (non-hydrogen) atoms. The molecule has 1 rings (SSSR count). The third-order valence-corrected chi connectivity index (χ3v) is 1.43. The van der Waals surface area contributed by atoms with Gasteiger partial charge in [-0.25, -0.2) is 0 Å². The maximum atomic E-state index is 5.73. The van der Waals surface area contributed by atoms with E-state index in [4.69, 9.17) is 17.4 Å². The second kappa shape index (κ2) is 2.90. The summed E-state index contributed by atoms with van der Waals surface area (Å²) >= 11 is 5.73. The standard InChI is InChI=1S/C7H9ClN2/c1-5-2-6(8)4-7(3-5)10-9/h2-4,10H,9H2,1H3. The number of rotatable bonds is 1. The Balaban J connectivity index is 3.06. The van der Waals surface area contributed by atoms with Gasteiger partial charge in [0.05, 0.1) is 5.69 Å². The number of hydrogen-bond donors (Lipinski definition) is 2. The van der Waals surface area contributed by atoms with Gasteiger partial charge in [0, 0.05) is 5.02 Å². The van der Waals surface area contributed by atoms with E-state index in [0.717, 1.165) is 11.3 Å². The number of halogens is 1. The van der Waals surface area contributed by atoms with Gasteiger partial charge in [-0.1, -0.05) is 11.6 Å². The minimum absolute atomic E-state index is 0.702. The molecule has 0 bridgehead atoms. The van der Waals surface area contributed by atoms with Crippen molar-refractivity contribution in [3.8, 4) is 0 Å². The lowest BCUT2D eigenvalue weighted by atomic mass is 10.2. The number of aryl methyl sites for hydroxylation is 1. The Morgan fingerprint density at radius 3 is 2.60 bits per heavy atom. The van der Waals surface area contributed by atoms with Crippen molar-refractivity contribution in [2.24, 2.45) is 5.84 Å². The average Bonchev–Trinajstić information content (AvgIpc) is 1.85. The maximum absolute atomic E-state index is 5.73. The van der Waals surface area contributed by atoms with Gasteiger partial charge in [0.15, 0.2) is 0 Å². The van der Waals surface area contributed by atoms with E-state index in [9.17, 15) is 0 Å². The molecule has 3 heteroatoms. The molecule has 0 amide bonds. The van der Waals surface area contributed by atoms with E-state index in [1.54, 1.807) is 6.07 Å². The monoisotopic (exact) mass is 156 g/mol. The molecule has 0 aliphatic carbocycles. The van der Waals surface area contributed by atoms with Crippen molar-refractivity contribution < 1.29 is 0 Å². The maximum Gasteiger partial charge on any atom is 0.0502 e. The van der Waals surface area contributed by atoms with Gasteiger partial charge in [0.25, 0.3) is 0 Å². The van der Waals surface area contributed by atoms with E-state index in [1.807, 2.05) is 19.1 Å². The summed E-state index contributed by atoms with van der Waals surface area (Å²) in [4.78, 5) is 0. The van der Waals surface area contributed by atoms with Crippen molar-refractivity contribution >= 4 is 17.3 Å². The van der Waals surface area contributed by atoms with Crippen LogP contribution in [0.5, 0.6) is 0 Å². The van der Waals surface area contributed by atoms with Crippen molar-refractivity contribution in [2.45, 2.75) is 6.92 Å². The molecule has 2 nitrogen and oxygen atoms in total. The summed E-state index contributed by atoms with van der Waals surface area (Å²) in [5, 5.41) is 0.702. The summed E-state index contributed by atoms with van der Waals surface area (Å²) < 4.78 is 0. The molecule has 3 N–H and O–H groups in total. The molecule has 1 aromatic rings. The molecule has 0 radical (unpaired) electrons. The quantitative estimate of drug-likeness (QED) is 0.482. The summed E-state index contributed by atoms with van der Waals surface area (Å²) in [6, 6.07) is 5.57. The number of benzene rings is 1. The third-order valence-electron chi connectivity index (χ3n) is 1.21. The van der Waals surface area contributed by atoms with Crippen LogP contribution in [-0.4, -0.2) is 0 Å². The highest BCUT2D eigenvalue weighted by Gasteiger charge is 1.92. The fraction of sp³-hybridized carbons (Fsp3) is 0.143. The van der Waals surface area contributed by atoms with Crippen LogP contribution in [0.25, 0.3) is 0 Å². The van der Waals surface area contributed by atoms with Crippen LogP contribution in [0, 0.1) is 6.92 Å². The fourth-order valence-electron chi connectivity index (χ4n) is 0.820. The highest BCUT2D eigenvalue weighted by Crippen LogP contribution is 2.16. The first-order valence-corrected chi connectivity index (χ1v) is 3.34. The summed E-state index contributed by atoms with van der Waals surface area (Å²) in [7, 11) is 0. The molecule has 0 saturated heterocycles. The van der Waals surface area contributed by atoms with E-state index >= 15 is 0 Å². The zero-order valence-electron chi connectivity index (χ0n) is 5.69. The van der Waals surface area contributed by atoms with Gasteiger partial charge in [-0.3, -0.25) is 5.84 Å². The van der Waals surface area contributed by atoms with E-state index in [1.165, 1.54) is 0 Å². The zero-order chi connectivity index (χ0) is 7.56. The summed E-state index contributed by atoms with van der Waals surface area (Å²) in [5.74, 6) is 5.18. The lowest BCUT2D eigenvalue weighted by Gasteiger charge is -2.00. The molecule has 0 heterocycles. The Morgan fingerprint density at radius 2 is 2.10 bits per heavy atom. The fourth-order valence-corrected chi connectivity index (χ4v) is 1.11. The Labute approximate surface area is 65.0 Å². The molecular weight excluding hydrogens is 148 g/mol. The smallest absolute Gasteiger partial charge is 0.0502 e. The van der Waals surface area contributed by atoms with Gasteiger partial charge < -0.3 is 5.43 Å². The lowest BCUT2D eigenvalue weighted by Crippen LogP contribution is -2.06. The van der Waals surface area contributed by atoms with Gasteiger partial charge in [0.2, 0.25) is 0 Å². The van der Waals surface area contributed by atoms with Gasteiger partial charge >= 0.3 is 0 Å². The van der Waals surface area contributed by atoms with Crippen LogP contribution >= 0.6 is 11.6 Å². The largest absolute Gasteiger partial charge is 0.324 e. The normalized spacial score (nSPS) is 9.50. The molecule has 0 fully saturated rings. The molecule has 0 saturated carbocycles. The highest BCUT2D eigenvalue weighted by molar-refractivity contribution is 6.30. The Bertz CT molecular complexity index is 215. The topological polar surface area (TPSA) is 38.0 Å². The highest BCUT2D eigenvalue weighted by atomic mass is 35.5. The van der Waals surface area contributed by atoms with E-state index < -0.39 is 0 Å². The molecular formula is C7H9ClN2. The second-order valence-corrected chi connectivity index (χ2v) is 2.60. The van der Waals surface area contributed by atoms with Crippen LogP contribution in [0.2, 0.25) is 5.02 Å². The SMILES string of the molecule is Cc1cc(Cl)cc(NN)c1. The minimum Gasteiger partial charge on any atom is -0.324 e. The average molecular weight is 157 g/mol. The van der Waals surface area contributed by atoms with Crippen LogP contribution < -0.4 is 11.3 Å². The van der Waals surface area contributed by atoms with Crippen LogP contribution in [0.4, 0.5) is 5.69 Å². The number of anilines is 1. The molecule has 0 unspecified atom stereocenters. The molecule has 1 aromatic carbocycles. The van der Waals surface area contributed by atoms with Gasteiger partial charge in [-0.15, -0.1) is 0 Å². The molecule has 54 valence electrons. The number of hydrazine groups is 1. The van der Waals surface area contributed by atoms with Crippen molar-refractivity contribution in [2.75, 3.05) is 5.43 Å². The van der Waals surface area contributed by atoms with Crippen LogP contribution in [0.15, 0.2) is 18.2 Å². The van der Waals surface area contributed by atoms with Gasteiger partial charge in [0.1, 0.15) is 0 Å². The van der Waals surface area contributed by atoms with Crippen molar-refractivity contribution in [1.82, 2.24) is 0 Å². The lowest BCUT2D eigenvalue weighted by molar-refractivity contribution is 1.33. The molecule has 0 aliphatic rings.